The number of halogens is 1. The number of hydrogen-bond donors (Lipinski definition) is 1. The number of hydrogen-bond acceptors (Lipinski definition) is 2. The van der Waals surface area contributed by atoms with E-state index in [2.05, 4.69) is 0 Å². The van der Waals surface area contributed by atoms with Crippen LogP contribution in [0.25, 0.3) is 0 Å². The molecule has 0 heterocycles. The van der Waals surface area contributed by atoms with Gasteiger partial charge in [0.1, 0.15) is 12.4 Å². The molecule has 108 valence electrons. The second-order valence-corrected chi connectivity index (χ2v) is 5.27. The highest BCUT2D eigenvalue weighted by Gasteiger charge is 2.25. The van der Waals surface area contributed by atoms with Gasteiger partial charge in [0.25, 0.3) is 0 Å². The van der Waals surface area contributed by atoms with Crippen molar-refractivity contribution in [2.75, 3.05) is 6.54 Å². The van der Waals surface area contributed by atoms with Gasteiger partial charge in [-0.15, -0.1) is 0 Å². The van der Waals surface area contributed by atoms with E-state index in [0.717, 1.165) is 24.8 Å². The second-order valence-electron chi connectivity index (χ2n) is 5.27. The first-order valence-corrected chi connectivity index (χ1v) is 6.78. The van der Waals surface area contributed by atoms with Crippen LogP contribution in [0.1, 0.15) is 31.2 Å². The highest BCUT2D eigenvalue weighted by Crippen LogP contribution is 2.30. The lowest BCUT2D eigenvalue weighted by Crippen LogP contribution is -2.36. The molecule has 1 aromatic carbocycles. The number of amides is 1. The molecule has 1 aromatic rings. The summed E-state index contributed by atoms with van der Waals surface area (Å²) in [4.78, 5) is 24.3. The van der Waals surface area contributed by atoms with Gasteiger partial charge in [-0.25, -0.2) is 4.39 Å². The monoisotopic (exact) mass is 279 g/mol. The van der Waals surface area contributed by atoms with Gasteiger partial charge in [-0.1, -0.05) is 18.6 Å². The van der Waals surface area contributed by atoms with Crippen LogP contribution in [-0.2, 0) is 16.1 Å². The van der Waals surface area contributed by atoms with Crippen LogP contribution in [0.15, 0.2) is 24.3 Å². The van der Waals surface area contributed by atoms with Gasteiger partial charge in [0.2, 0.25) is 5.91 Å². The largest absolute Gasteiger partial charge is 0.480 e. The molecule has 1 saturated carbocycles. The number of benzene rings is 1. The Kier molecular flexibility index (Phi) is 4.71. The second kappa shape index (κ2) is 6.50. The van der Waals surface area contributed by atoms with Crippen LogP contribution in [-0.4, -0.2) is 28.4 Å². The summed E-state index contributed by atoms with van der Waals surface area (Å²) >= 11 is 0. The Hall–Kier alpha value is -1.91. The van der Waals surface area contributed by atoms with Crippen LogP contribution in [0.5, 0.6) is 0 Å². The van der Waals surface area contributed by atoms with Crippen molar-refractivity contribution in [1.82, 2.24) is 4.90 Å². The van der Waals surface area contributed by atoms with E-state index in [1.165, 1.54) is 17.0 Å². The van der Waals surface area contributed by atoms with E-state index < -0.39 is 5.97 Å². The number of carboxylic acid groups (broad SMARTS) is 1. The molecule has 1 amide bonds. The molecule has 1 N–H and O–H groups in total. The summed E-state index contributed by atoms with van der Waals surface area (Å²) < 4.78 is 12.8. The van der Waals surface area contributed by atoms with E-state index in [1.54, 1.807) is 12.1 Å². The minimum absolute atomic E-state index is 0.138. The van der Waals surface area contributed by atoms with Crippen LogP contribution < -0.4 is 0 Å². The Labute approximate surface area is 117 Å². The van der Waals surface area contributed by atoms with Gasteiger partial charge in [-0.05, 0) is 36.5 Å². The first-order valence-electron chi connectivity index (χ1n) is 6.78. The summed E-state index contributed by atoms with van der Waals surface area (Å²) in [6.07, 6.45) is 3.65. The van der Waals surface area contributed by atoms with Crippen molar-refractivity contribution in [3.8, 4) is 0 Å². The SMILES string of the molecule is O=C(O)CN(Cc1ccc(F)cc1)C(=O)CC1CCC1. The molecule has 0 saturated heterocycles. The fourth-order valence-electron chi connectivity index (χ4n) is 2.28. The fraction of sp³-hybridized carbons (Fsp3) is 0.467. The normalized spacial score (nSPS) is 14.7. The first-order chi connectivity index (χ1) is 9.54. The molecule has 5 heteroatoms. The van der Waals surface area contributed by atoms with Gasteiger partial charge < -0.3 is 10.0 Å². The number of carboxylic acids is 1. The molecular formula is C15H18FNO3. The molecule has 4 nitrogen and oxygen atoms in total. The molecule has 2 rings (SSSR count). The van der Waals surface area contributed by atoms with Gasteiger partial charge in [0.05, 0.1) is 0 Å². The molecule has 0 unspecified atom stereocenters. The van der Waals surface area contributed by atoms with Crippen molar-refractivity contribution in [2.45, 2.75) is 32.2 Å². The fourth-order valence-corrected chi connectivity index (χ4v) is 2.28. The summed E-state index contributed by atoms with van der Waals surface area (Å²) in [5, 5.41) is 8.91. The van der Waals surface area contributed by atoms with Gasteiger partial charge >= 0.3 is 5.97 Å². The minimum atomic E-state index is -1.03. The van der Waals surface area contributed by atoms with Crippen LogP contribution in [0.4, 0.5) is 4.39 Å². The predicted octanol–water partition coefficient (Wildman–Crippen LogP) is 2.43. The lowest BCUT2D eigenvalue weighted by molar-refractivity contribution is -0.145. The van der Waals surface area contributed by atoms with Crippen LogP contribution in [0, 0.1) is 11.7 Å². The third kappa shape index (κ3) is 4.05. The summed E-state index contributed by atoms with van der Waals surface area (Å²) in [5.74, 6) is -1.12. The van der Waals surface area contributed by atoms with E-state index >= 15 is 0 Å². The van der Waals surface area contributed by atoms with Crippen LogP contribution >= 0.6 is 0 Å². The molecular weight excluding hydrogens is 261 g/mol. The quantitative estimate of drug-likeness (QED) is 0.870. The highest BCUT2D eigenvalue weighted by molar-refractivity contribution is 5.81. The van der Waals surface area contributed by atoms with E-state index in [1.807, 2.05) is 0 Å². The molecule has 0 spiro atoms. The zero-order chi connectivity index (χ0) is 14.5. The number of aliphatic carboxylic acids is 1. The minimum Gasteiger partial charge on any atom is -0.480 e. The summed E-state index contributed by atoms with van der Waals surface area (Å²) in [6, 6.07) is 5.76. The summed E-state index contributed by atoms with van der Waals surface area (Å²) in [6.45, 7) is -0.110. The molecule has 0 radical (unpaired) electrons. The summed E-state index contributed by atoms with van der Waals surface area (Å²) in [5.41, 5.74) is 0.731. The maximum absolute atomic E-state index is 12.8. The number of carbonyl (C=O) groups is 2. The van der Waals surface area contributed by atoms with Crippen LogP contribution in [0.2, 0.25) is 0 Å². The van der Waals surface area contributed by atoms with E-state index in [9.17, 15) is 14.0 Å². The summed E-state index contributed by atoms with van der Waals surface area (Å²) in [7, 11) is 0. The Morgan fingerprint density at radius 3 is 2.40 bits per heavy atom. The van der Waals surface area contributed by atoms with Gasteiger partial charge in [0, 0.05) is 13.0 Å². The van der Waals surface area contributed by atoms with Crippen molar-refractivity contribution < 1.29 is 19.1 Å². The maximum Gasteiger partial charge on any atom is 0.323 e. The Morgan fingerprint density at radius 1 is 1.25 bits per heavy atom. The predicted molar refractivity (Wildman–Crippen MR) is 71.4 cm³/mol. The average Bonchev–Trinajstić information content (AvgIpc) is 2.35. The molecule has 0 atom stereocenters. The van der Waals surface area contributed by atoms with Gasteiger partial charge in [-0.2, -0.15) is 0 Å². The third-order valence-corrected chi connectivity index (χ3v) is 3.65. The van der Waals surface area contributed by atoms with E-state index in [4.69, 9.17) is 5.11 Å². The topological polar surface area (TPSA) is 57.6 Å². The van der Waals surface area contributed by atoms with E-state index in [0.29, 0.717) is 12.3 Å². The molecule has 0 aliphatic heterocycles. The zero-order valence-electron chi connectivity index (χ0n) is 11.2. The molecule has 1 aliphatic carbocycles. The number of nitrogens with zero attached hydrogens (tertiary/aromatic N) is 1. The molecule has 1 fully saturated rings. The van der Waals surface area contributed by atoms with Crippen LogP contribution in [0.3, 0.4) is 0 Å². The molecule has 0 bridgehead atoms. The van der Waals surface area contributed by atoms with Crippen molar-refractivity contribution >= 4 is 11.9 Å². The highest BCUT2D eigenvalue weighted by atomic mass is 19.1. The number of rotatable bonds is 6. The smallest absolute Gasteiger partial charge is 0.323 e. The van der Waals surface area contributed by atoms with Gasteiger partial charge in [0.15, 0.2) is 0 Å². The lowest BCUT2D eigenvalue weighted by Gasteiger charge is -2.28. The average molecular weight is 279 g/mol. The standard InChI is InChI=1S/C15H18FNO3/c16-13-6-4-12(5-7-13)9-17(10-15(19)20)14(18)8-11-2-1-3-11/h4-7,11H,1-3,8-10H2,(H,19,20). The molecule has 1 aliphatic rings. The Balaban J connectivity index is 1.99. The molecule has 0 aromatic heterocycles. The van der Waals surface area contributed by atoms with Crippen molar-refractivity contribution in [1.29, 1.82) is 0 Å². The molecule has 20 heavy (non-hydrogen) atoms. The third-order valence-electron chi connectivity index (χ3n) is 3.65. The maximum atomic E-state index is 12.8. The van der Waals surface area contributed by atoms with Crippen molar-refractivity contribution in [2.24, 2.45) is 5.92 Å². The number of carbonyl (C=O) groups excluding carboxylic acids is 1. The first kappa shape index (κ1) is 14.5. The lowest BCUT2D eigenvalue weighted by atomic mass is 9.82. The van der Waals surface area contributed by atoms with Crippen molar-refractivity contribution in [3.05, 3.63) is 35.6 Å². The zero-order valence-corrected chi connectivity index (χ0v) is 11.2. The van der Waals surface area contributed by atoms with Gasteiger partial charge in [-0.3, -0.25) is 9.59 Å². The van der Waals surface area contributed by atoms with Crippen molar-refractivity contribution in [3.63, 3.8) is 0 Å². The van der Waals surface area contributed by atoms with E-state index in [-0.39, 0.29) is 24.8 Å². The Morgan fingerprint density at radius 2 is 1.90 bits per heavy atom. The Bertz CT molecular complexity index is 482.